The fourth-order valence-electron chi connectivity index (χ4n) is 4.07. The maximum absolute atomic E-state index is 12.8. The summed E-state index contributed by atoms with van der Waals surface area (Å²) in [4.78, 5) is 17.3. The minimum absolute atomic E-state index is 0.0991. The van der Waals surface area contributed by atoms with E-state index in [0.29, 0.717) is 11.8 Å². The molecule has 1 atom stereocenters. The highest BCUT2D eigenvalue weighted by Crippen LogP contribution is 2.36. The van der Waals surface area contributed by atoms with Crippen LogP contribution in [0.15, 0.2) is 0 Å². The Hall–Kier alpha value is -0.650. The molecule has 3 heterocycles. The number of nitrogens with zero attached hydrogens (tertiary/aromatic N) is 2. The van der Waals surface area contributed by atoms with E-state index in [1.807, 2.05) is 4.90 Å². The second kappa shape index (κ2) is 6.93. The molecule has 5 nitrogen and oxygen atoms in total. The van der Waals surface area contributed by atoms with E-state index >= 15 is 0 Å². The molecule has 3 aliphatic heterocycles. The first-order valence-corrected chi connectivity index (χ1v) is 9.58. The molecule has 0 aromatic rings. The Morgan fingerprint density at radius 1 is 1.12 bits per heavy atom. The maximum Gasteiger partial charge on any atom is 0.227 e. The van der Waals surface area contributed by atoms with Crippen molar-refractivity contribution in [3.63, 3.8) is 0 Å². The average molecular weight is 338 g/mol. The van der Waals surface area contributed by atoms with Gasteiger partial charge in [0.15, 0.2) is 5.79 Å². The predicted octanol–water partition coefficient (Wildman–Crippen LogP) is 2.36. The number of carbonyl (C=O) groups excluding carboxylic acids is 1. The highest BCUT2D eigenvalue weighted by molar-refractivity contribution is 5.79. The van der Waals surface area contributed by atoms with Crippen molar-refractivity contribution in [2.24, 2.45) is 17.3 Å². The van der Waals surface area contributed by atoms with Gasteiger partial charge in [-0.1, -0.05) is 27.7 Å². The molecule has 1 amide bonds. The van der Waals surface area contributed by atoms with Crippen LogP contribution < -0.4 is 0 Å². The molecule has 0 aromatic heterocycles. The zero-order valence-electron chi connectivity index (χ0n) is 15.8. The molecule has 138 valence electrons. The van der Waals surface area contributed by atoms with Crippen LogP contribution in [0.1, 0.15) is 47.0 Å². The van der Waals surface area contributed by atoms with Gasteiger partial charge in [-0.05, 0) is 18.9 Å². The van der Waals surface area contributed by atoms with Gasteiger partial charge in [0, 0.05) is 44.4 Å². The SMILES string of the molecule is CC(C)CN1CC[C@@H](C(=O)N2CCC3(CC2)OCC(C)(C)CO3)C1. The first-order chi connectivity index (χ1) is 11.3. The monoisotopic (exact) mass is 338 g/mol. The highest BCUT2D eigenvalue weighted by atomic mass is 16.7. The van der Waals surface area contributed by atoms with E-state index < -0.39 is 5.79 Å². The van der Waals surface area contributed by atoms with Crippen LogP contribution in [-0.2, 0) is 14.3 Å². The highest BCUT2D eigenvalue weighted by Gasteiger charge is 2.44. The lowest BCUT2D eigenvalue weighted by Crippen LogP contribution is -2.55. The largest absolute Gasteiger partial charge is 0.349 e. The fraction of sp³-hybridized carbons (Fsp3) is 0.947. The smallest absolute Gasteiger partial charge is 0.227 e. The number of amides is 1. The van der Waals surface area contributed by atoms with Crippen LogP contribution in [-0.4, -0.2) is 67.4 Å². The molecule has 0 bridgehead atoms. The van der Waals surface area contributed by atoms with E-state index in [0.717, 1.165) is 65.2 Å². The van der Waals surface area contributed by atoms with E-state index in [1.165, 1.54) is 0 Å². The Labute approximate surface area is 146 Å². The van der Waals surface area contributed by atoms with Crippen LogP contribution in [0.3, 0.4) is 0 Å². The van der Waals surface area contributed by atoms with Gasteiger partial charge in [-0.3, -0.25) is 4.79 Å². The van der Waals surface area contributed by atoms with Crippen molar-refractivity contribution in [2.45, 2.75) is 52.7 Å². The van der Waals surface area contributed by atoms with Crippen molar-refractivity contribution in [2.75, 3.05) is 45.9 Å². The van der Waals surface area contributed by atoms with Gasteiger partial charge in [0.2, 0.25) is 5.91 Å². The summed E-state index contributed by atoms with van der Waals surface area (Å²) >= 11 is 0. The molecule has 5 heteroatoms. The van der Waals surface area contributed by atoms with Gasteiger partial charge in [-0.2, -0.15) is 0 Å². The number of hydrogen-bond donors (Lipinski definition) is 0. The van der Waals surface area contributed by atoms with Crippen LogP contribution in [0.4, 0.5) is 0 Å². The molecule has 3 fully saturated rings. The molecule has 3 aliphatic rings. The number of hydrogen-bond acceptors (Lipinski definition) is 4. The van der Waals surface area contributed by atoms with Gasteiger partial charge >= 0.3 is 0 Å². The van der Waals surface area contributed by atoms with E-state index in [4.69, 9.17) is 9.47 Å². The summed E-state index contributed by atoms with van der Waals surface area (Å²) in [7, 11) is 0. The molecular weight excluding hydrogens is 304 g/mol. The van der Waals surface area contributed by atoms with Crippen LogP contribution in [0.2, 0.25) is 0 Å². The standard InChI is InChI=1S/C19H34N2O3/c1-15(2)11-20-8-5-16(12-20)17(22)21-9-6-19(7-10-21)23-13-18(3,4)14-24-19/h15-16H,5-14H2,1-4H3/t16-/m1/s1. The van der Waals surface area contributed by atoms with Crippen molar-refractivity contribution in [1.29, 1.82) is 0 Å². The molecule has 0 saturated carbocycles. The van der Waals surface area contributed by atoms with Crippen molar-refractivity contribution >= 4 is 5.91 Å². The average Bonchev–Trinajstić information content (AvgIpc) is 2.98. The molecule has 0 aliphatic carbocycles. The van der Waals surface area contributed by atoms with Crippen LogP contribution >= 0.6 is 0 Å². The van der Waals surface area contributed by atoms with E-state index in [-0.39, 0.29) is 11.3 Å². The summed E-state index contributed by atoms with van der Waals surface area (Å²) in [5.74, 6) is 0.752. The minimum Gasteiger partial charge on any atom is -0.349 e. The van der Waals surface area contributed by atoms with Gasteiger partial charge in [-0.25, -0.2) is 0 Å². The third-order valence-electron chi connectivity index (χ3n) is 5.53. The van der Waals surface area contributed by atoms with Crippen molar-refractivity contribution < 1.29 is 14.3 Å². The van der Waals surface area contributed by atoms with Crippen molar-refractivity contribution in [3.05, 3.63) is 0 Å². The second-order valence-corrected chi connectivity index (χ2v) is 9.12. The van der Waals surface area contributed by atoms with Crippen molar-refractivity contribution in [3.8, 4) is 0 Å². The van der Waals surface area contributed by atoms with Crippen LogP contribution in [0, 0.1) is 17.3 Å². The first kappa shape index (κ1) is 18.2. The summed E-state index contributed by atoms with van der Waals surface area (Å²) in [6.07, 6.45) is 2.61. The number of likely N-dealkylation sites (tertiary alicyclic amines) is 2. The summed E-state index contributed by atoms with van der Waals surface area (Å²) in [5.41, 5.74) is 0.0991. The summed E-state index contributed by atoms with van der Waals surface area (Å²) in [6.45, 7) is 14.9. The second-order valence-electron chi connectivity index (χ2n) is 9.12. The molecule has 1 spiro atoms. The zero-order valence-corrected chi connectivity index (χ0v) is 15.8. The maximum atomic E-state index is 12.8. The Balaban J connectivity index is 1.48. The van der Waals surface area contributed by atoms with E-state index in [1.54, 1.807) is 0 Å². The lowest BCUT2D eigenvalue weighted by atomic mass is 9.92. The lowest BCUT2D eigenvalue weighted by Gasteiger charge is -2.47. The van der Waals surface area contributed by atoms with Crippen LogP contribution in [0.25, 0.3) is 0 Å². The number of rotatable bonds is 3. The Bertz CT molecular complexity index is 444. The Kier molecular flexibility index (Phi) is 5.24. The Morgan fingerprint density at radius 2 is 1.75 bits per heavy atom. The molecule has 0 radical (unpaired) electrons. The Morgan fingerprint density at radius 3 is 2.33 bits per heavy atom. The van der Waals surface area contributed by atoms with E-state index in [9.17, 15) is 4.79 Å². The molecular formula is C19H34N2O3. The van der Waals surface area contributed by atoms with Gasteiger partial charge < -0.3 is 19.3 Å². The quantitative estimate of drug-likeness (QED) is 0.792. The topological polar surface area (TPSA) is 42.0 Å². The summed E-state index contributed by atoms with van der Waals surface area (Å²) < 4.78 is 12.1. The molecule has 0 N–H and O–H groups in total. The number of ether oxygens (including phenoxy) is 2. The predicted molar refractivity (Wildman–Crippen MR) is 93.6 cm³/mol. The lowest BCUT2D eigenvalue weighted by molar-refractivity contribution is -0.312. The molecule has 24 heavy (non-hydrogen) atoms. The molecule has 3 saturated heterocycles. The van der Waals surface area contributed by atoms with Gasteiger partial charge in [0.25, 0.3) is 0 Å². The van der Waals surface area contributed by atoms with Gasteiger partial charge in [-0.15, -0.1) is 0 Å². The van der Waals surface area contributed by atoms with Gasteiger partial charge in [0.1, 0.15) is 0 Å². The molecule has 0 aromatic carbocycles. The normalized spacial score (nSPS) is 30.2. The molecule has 3 rings (SSSR count). The van der Waals surface area contributed by atoms with Crippen molar-refractivity contribution in [1.82, 2.24) is 9.80 Å². The first-order valence-electron chi connectivity index (χ1n) is 9.58. The third kappa shape index (κ3) is 4.12. The number of carbonyl (C=O) groups is 1. The zero-order chi connectivity index (χ0) is 17.4. The molecule has 0 unspecified atom stereocenters. The van der Waals surface area contributed by atoms with Crippen LogP contribution in [0.5, 0.6) is 0 Å². The van der Waals surface area contributed by atoms with E-state index in [2.05, 4.69) is 32.6 Å². The fourth-order valence-corrected chi connectivity index (χ4v) is 4.07. The third-order valence-corrected chi connectivity index (χ3v) is 5.53. The summed E-state index contributed by atoms with van der Waals surface area (Å²) in [5, 5.41) is 0. The van der Waals surface area contributed by atoms with Gasteiger partial charge in [0.05, 0.1) is 19.1 Å². The summed E-state index contributed by atoms with van der Waals surface area (Å²) in [6, 6.07) is 0. The minimum atomic E-state index is -0.439. The number of piperidine rings is 1.